The molecule has 6 heteroatoms. The van der Waals surface area contributed by atoms with E-state index in [4.69, 9.17) is 14.5 Å². The molecule has 1 saturated carbocycles. The number of nitrogens with zero attached hydrogens (tertiary/aromatic N) is 1. The molecule has 1 aromatic carbocycles. The molecule has 1 aliphatic carbocycles. The zero-order valence-corrected chi connectivity index (χ0v) is 19.4. The summed E-state index contributed by atoms with van der Waals surface area (Å²) in [7, 11) is 1.69. The van der Waals surface area contributed by atoms with Crippen molar-refractivity contribution in [1.29, 1.82) is 0 Å². The van der Waals surface area contributed by atoms with Crippen LogP contribution < -0.4 is 15.4 Å². The molecule has 0 unspecified atom stereocenters. The maximum atomic E-state index is 5.62. The summed E-state index contributed by atoms with van der Waals surface area (Å²) < 4.78 is 10.8. The summed E-state index contributed by atoms with van der Waals surface area (Å²) in [6.07, 6.45) is 6.35. The molecule has 5 nitrogen and oxygen atoms in total. The fourth-order valence-electron chi connectivity index (χ4n) is 3.59. The maximum Gasteiger partial charge on any atom is 0.191 e. The molecule has 0 amide bonds. The minimum Gasteiger partial charge on any atom is -0.497 e. The smallest absolute Gasteiger partial charge is 0.191 e. The third-order valence-electron chi connectivity index (χ3n) is 5.20. The fourth-order valence-corrected chi connectivity index (χ4v) is 3.59. The van der Waals surface area contributed by atoms with Crippen molar-refractivity contribution in [3.8, 4) is 5.75 Å². The van der Waals surface area contributed by atoms with Gasteiger partial charge in [-0.15, -0.1) is 24.0 Å². The molecule has 0 spiro atoms. The van der Waals surface area contributed by atoms with Gasteiger partial charge in [-0.1, -0.05) is 25.0 Å². The second-order valence-corrected chi connectivity index (χ2v) is 7.05. The summed E-state index contributed by atoms with van der Waals surface area (Å²) in [5, 5.41) is 6.95. The van der Waals surface area contributed by atoms with Crippen LogP contribution in [0.5, 0.6) is 5.75 Å². The largest absolute Gasteiger partial charge is 0.497 e. The number of ether oxygens (including phenoxy) is 2. The molecule has 0 radical (unpaired) electrons. The Morgan fingerprint density at radius 2 is 1.81 bits per heavy atom. The summed E-state index contributed by atoms with van der Waals surface area (Å²) in [6, 6.07) is 8.08. The number of guanidine groups is 1. The zero-order chi connectivity index (χ0) is 18.7. The fraction of sp³-hybridized carbons (Fsp3) is 0.667. The van der Waals surface area contributed by atoms with Crippen LogP contribution in [0.1, 0.15) is 51.5 Å². The second-order valence-electron chi connectivity index (χ2n) is 7.05. The highest BCUT2D eigenvalue weighted by molar-refractivity contribution is 14.0. The van der Waals surface area contributed by atoms with Gasteiger partial charge in [0.15, 0.2) is 5.96 Å². The molecule has 154 valence electrons. The molecule has 27 heavy (non-hydrogen) atoms. The van der Waals surface area contributed by atoms with Crippen LogP contribution in [0.3, 0.4) is 0 Å². The Labute approximate surface area is 181 Å². The van der Waals surface area contributed by atoms with Crippen molar-refractivity contribution in [2.45, 2.75) is 52.5 Å². The van der Waals surface area contributed by atoms with Crippen molar-refractivity contribution >= 4 is 29.9 Å². The Kier molecular flexibility index (Phi) is 11.7. The Hall–Kier alpha value is -1.02. The SMILES string of the molecule is CCNC(=NCc1ccc(OC)cc1)NCC1(CCOCC)CCCC1.I. The molecule has 1 fully saturated rings. The number of aliphatic imine (C=N–C) groups is 1. The van der Waals surface area contributed by atoms with E-state index in [-0.39, 0.29) is 24.0 Å². The van der Waals surface area contributed by atoms with Crippen LogP contribution in [0.25, 0.3) is 0 Å². The normalized spacial score (nSPS) is 15.9. The molecule has 0 heterocycles. The standard InChI is InChI=1S/C21H35N3O2.HI/c1-4-22-20(23-16-18-8-10-19(25-3)11-9-18)24-17-21(12-6-7-13-21)14-15-26-5-2;/h8-11H,4-7,12-17H2,1-3H3,(H2,22,23,24);1H. The van der Waals surface area contributed by atoms with Gasteiger partial charge in [-0.2, -0.15) is 0 Å². The van der Waals surface area contributed by atoms with E-state index in [9.17, 15) is 0 Å². The highest BCUT2D eigenvalue weighted by Crippen LogP contribution is 2.40. The van der Waals surface area contributed by atoms with Crippen LogP contribution in [0, 0.1) is 5.41 Å². The molecular formula is C21H36IN3O2. The van der Waals surface area contributed by atoms with E-state index in [2.05, 4.69) is 36.6 Å². The minimum atomic E-state index is 0. The lowest BCUT2D eigenvalue weighted by atomic mass is 9.83. The van der Waals surface area contributed by atoms with Crippen LogP contribution >= 0.6 is 24.0 Å². The van der Waals surface area contributed by atoms with Gasteiger partial charge in [-0.3, -0.25) is 0 Å². The molecule has 0 bridgehead atoms. The predicted octanol–water partition coefficient (Wildman–Crippen LogP) is 4.36. The van der Waals surface area contributed by atoms with Gasteiger partial charge in [0.05, 0.1) is 13.7 Å². The number of rotatable bonds is 10. The van der Waals surface area contributed by atoms with Gasteiger partial charge in [0.2, 0.25) is 0 Å². The van der Waals surface area contributed by atoms with Crippen molar-refractivity contribution < 1.29 is 9.47 Å². The van der Waals surface area contributed by atoms with Crippen LogP contribution in [0.2, 0.25) is 0 Å². The van der Waals surface area contributed by atoms with Gasteiger partial charge in [0.1, 0.15) is 5.75 Å². The number of halogens is 1. The topological polar surface area (TPSA) is 54.9 Å². The summed E-state index contributed by atoms with van der Waals surface area (Å²) in [4.78, 5) is 4.75. The van der Waals surface area contributed by atoms with Gasteiger partial charge >= 0.3 is 0 Å². The first-order valence-electron chi connectivity index (χ1n) is 9.94. The minimum absolute atomic E-state index is 0. The third-order valence-corrected chi connectivity index (χ3v) is 5.20. The number of hydrogen-bond donors (Lipinski definition) is 2. The van der Waals surface area contributed by atoms with Crippen LogP contribution in [-0.2, 0) is 11.3 Å². The number of benzene rings is 1. The molecule has 0 atom stereocenters. The highest BCUT2D eigenvalue weighted by Gasteiger charge is 2.33. The van der Waals surface area contributed by atoms with Crippen molar-refractivity contribution in [2.75, 3.05) is 33.4 Å². The van der Waals surface area contributed by atoms with Gasteiger partial charge in [0.25, 0.3) is 0 Å². The van der Waals surface area contributed by atoms with Gasteiger partial charge in [-0.05, 0) is 56.2 Å². The molecule has 1 aliphatic rings. The summed E-state index contributed by atoms with van der Waals surface area (Å²) in [6.45, 7) is 8.31. The molecule has 2 N–H and O–H groups in total. The first kappa shape index (κ1) is 24.0. The van der Waals surface area contributed by atoms with Crippen molar-refractivity contribution in [2.24, 2.45) is 10.4 Å². The van der Waals surface area contributed by atoms with E-state index < -0.39 is 0 Å². The average molecular weight is 489 g/mol. The van der Waals surface area contributed by atoms with E-state index in [0.29, 0.717) is 12.0 Å². The first-order valence-corrected chi connectivity index (χ1v) is 9.94. The van der Waals surface area contributed by atoms with Gasteiger partial charge in [-0.25, -0.2) is 4.99 Å². The first-order chi connectivity index (χ1) is 12.7. The summed E-state index contributed by atoms with van der Waals surface area (Å²) in [5.74, 6) is 1.77. The molecule has 0 saturated heterocycles. The summed E-state index contributed by atoms with van der Waals surface area (Å²) >= 11 is 0. The van der Waals surface area contributed by atoms with E-state index in [1.807, 2.05) is 12.1 Å². The van der Waals surface area contributed by atoms with Crippen LogP contribution in [0.4, 0.5) is 0 Å². The third kappa shape index (κ3) is 8.25. The molecule has 1 aromatic rings. The highest BCUT2D eigenvalue weighted by atomic mass is 127. The van der Waals surface area contributed by atoms with E-state index >= 15 is 0 Å². The molecular weight excluding hydrogens is 453 g/mol. The van der Waals surface area contributed by atoms with Crippen LogP contribution in [0.15, 0.2) is 29.3 Å². The van der Waals surface area contributed by atoms with Gasteiger partial charge in [0, 0.05) is 26.3 Å². The molecule has 0 aromatic heterocycles. The lowest BCUT2D eigenvalue weighted by Gasteiger charge is -2.30. The number of nitrogens with one attached hydrogen (secondary N) is 2. The predicted molar refractivity (Wildman–Crippen MR) is 123 cm³/mol. The van der Waals surface area contributed by atoms with E-state index in [0.717, 1.165) is 44.4 Å². The Balaban J connectivity index is 0.00000364. The van der Waals surface area contributed by atoms with Crippen molar-refractivity contribution in [3.63, 3.8) is 0 Å². The summed E-state index contributed by atoms with van der Waals surface area (Å²) in [5.41, 5.74) is 1.53. The second kappa shape index (κ2) is 13.2. The van der Waals surface area contributed by atoms with Crippen molar-refractivity contribution in [1.82, 2.24) is 10.6 Å². The Morgan fingerprint density at radius 3 is 2.41 bits per heavy atom. The maximum absolute atomic E-state index is 5.62. The number of hydrogen-bond acceptors (Lipinski definition) is 3. The van der Waals surface area contributed by atoms with E-state index in [1.54, 1.807) is 7.11 Å². The molecule has 0 aliphatic heterocycles. The van der Waals surface area contributed by atoms with E-state index in [1.165, 1.54) is 31.2 Å². The monoisotopic (exact) mass is 489 g/mol. The lowest BCUT2D eigenvalue weighted by Crippen LogP contribution is -2.43. The average Bonchev–Trinajstić information content (AvgIpc) is 3.14. The van der Waals surface area contributed by atoms with Crippen molar-refractivity contribution in [3.05, 3.63) is 29.8 Å². The zero-order valence-electron chi connectivity index (χ0n) is 17.1. The van der Waals surface area contributed by atoms with Gasteiger partial charge < -0.3 is 20.1 Å². The Morgan fingerprint density at radius 1 is 1.11 bits per heavy atom. The lowest BCUT2D eigenvalue weighted by molar-refractivity contribution is 0.105. The molecule has 2 rings (SSSR count). The quantitative estimate of drug-likeness (QED) is 0.222. The number of methoxy groups -OCH3 is 1. The van der Waals surface area contributed by atoms with Crippen LogP contribution in [-0.4, -0.2) is 39.4 Å². The Bertz CT molecular complexity index is 543.